The molecule has 0 radical (unpaired) electrons. The van der Waals surface area contributed by atoms with E-state index in [1.165, 1.54) is 11.1 Å². The molecule has 4 heteroatoms. The normalized spacial score (nSPS) is 26.7. The van der Waals surface area contributed by atoms with Gasteiger partial charge in [0.2, 0.25) is 0 Å². The minimum absolute atomic E-state index is 0.0121. The summed E-state index contributed by atoms with van der Waals surface area (Å²) in [5, 5.41) is 0. The SMILES string of the molecule is CCc1cnccc1C(N)C1CCOC2(CCOCC2)C1. The standard InChI is InChI=1S/C17H26N2O2/c1-2-13-12-19-7-3-15(13)16(18)14-4-8-21-17(11-14)5-9-20-10-6-17/h3,7,12,14,16H,2,4-6,8-11,18H2,1H3. The van der Waals surface area contributed by atoms with E-state index in [4.69, 9.17) is 15.2 Å². The smallest absolute Gasteiger partial charge is 0.0729 e. The summed E-state index contributed by atoms with van der Waals surface area (Å²) in [6, 6.07) is 2.18. The first-order valence-corrected chi connectivity index (χ1v) is 8.14. The van der Waals surface area contributed by atoms with Gasteiger partial charge in [-0.3, -0.25) is 4.98 Å². The van der Waals surface area contributed by atoms with Crippen LogP contribution in [0, 0.1) is 5.92 Å². The third-order valence-corrected chi connectivity index (χ3v) is 5.12. The van der Waals surface area contributed by atoms with Crippen LogP contribution in [0.3, 0.4) is 0 Å². The fourth-order valence-electron chi connectivity index (χ4n) is 3.78. The fraction of sp³-hybridized carbons (Fsp3) is 0.706. The second-order valence-electron chi connectivity index (χ2n) is 6.35. The molecular formula is C17H26N2O2. The Kier molecular flexibility index (Phi) is 4.57. The maximum absolute atomic E-state index is 6.62. The Morgan fingerprint density at radius 1 is 1.38 bits per heavy atom. The molecule has 2 fully saturated rings. The predicted molar refractivity (Wildman–Crippen MR) is 82.0 cm³/mol. The highest BCUT2D eigenvalue weighted by Gasteiger charge is 2.41. The van der Waals surface area contributed by atoms with Gasteiger partial charge in [0.25, 0.3) is 0 Å². The first-order chi connectivity index (χ1) is 10.2. The van der Waals surface area contributed by atoms with Crippen LogP contribution in [-0.4, -0.2) is 30.4 Å². The minimum atomic E-state index is 0.0121. The van der Waals surface area contributed by atoms with Gasteiger partial charge in [0.05, 0.1) is 5.60 Å². The highest BCUT2D eigenvalue weighted by atomic mass is 16.5. The van der Waals surface area contributed by atoms with Crippen LogP contribution in [0.4, 0.5) is 0 Å². The van der Waals surface area contributed by atoms with Crippen molar-refractivity contribution in [2.75, 3.05) is 19.8 Å². The topological polar surface area (TPSA) is 57.4 Å². The van der Waals surface area contributed by atoms with Gasteiger partial charge in [-0.2, -0.15) is 0 Å². The van der Waals surface area contributed by atoms with E-state index in [0.29, 0.717) is 5.92 Å². The van der Waals surface area contributed by atoms with Crippen molar-refractivity contribution < 1.29 is 9.47 Å². The lowest BCUT2D eigenvalue weighted by Crippen LogP contribution is -2.46. The highest BCUT2D eigenvalue weighted by Crippen LogP contribution is 2.41. The van der Waals surface area contributed by atoms with E-state index in [0.717, 1.165) is 51.9 Å². The quantitative estimate of drug-likeness (QED) is 0.929. The number of hydrogen-bond donors (Lipinski definition) is 1. The monoisotopic (exact) mass is 290 g/mol. The number of hydrogen-bond acceptors (Lipinski definition) is 4. The maximum atomic E-state index is 6.62. The van der Waals surface area contributed by atoms with Crippen LogP contribution in [0.1, 0.15) is 49.8 Å². The van der Waals surface area contributed by atoms with Gasteiger partial charge >= 0.3 is 0 Å². The van der Waals surface area contributed by atoms with E-state index in [1.54, 1.807) is 0 Å². The Hall–Kier alpha value is -0.970. The Morgan fingerprint density at radius 2 is 2.19 bits per heavy atom. The van der Waals surface area contributed by atoms with Gasteiger partial charge in [-0.05, 0) is 55.2 Å². The van der Waals surface area contributed by atoms with Crippen molar-refractivity contribution in [3.8, 4) is 0 Å². The molecule has 4 nitrogen and oxygen atoms in total. The average Bonchev–Trinajstić information content (AvgIpc) is 2.55. The number of nitrogens with zero attached hydrogens (tertiary/aromatic N) is 1. The number of rotatable bonds is 3. The summed E-state index contributed by atoms with van der Waals surface area (Å²) < 4.78 is 11.6. The van der Waals surface area contributed by atoms with Crippen LogP contribution in [0.2, 0.25) is 0 Å². The van der Waals surface area contributed by atoms with E-state index in [1.807, 2.05) is 12.4 Å². The summed E-state index contributed by atoms with van der Waals surface area (Å²) in [6.07, 6.45) is 8.92. The molecular weight excluding hydrogens is 264 g/mol. The number of nitrogens with two attached hydrogens (primary N) is 1. The predicted octanol–water partition coefficient (Wildman–Crippen LogP) is 2.62. The van der Waals surface area contributed by atoms with Crippen LogP contribution in [0.25, 0.3) is 0 Å². The van der Waals surface area contributed by atoms with Crippen molar-refractivity contribution in [2.45, 2.75) is 50.7 Å². The molecule has 2 aliphatic heterocycles. The van der Waals surface area contributed by atoms with Gasteiger partial charge in [0, 0.05) is 38.3 Å². The summed E-state index contributed by atoms with van der Waals surface area (Å²) in [5.41, 5.74) is 9.17. The van der Waals surface area contributed by atoms with Crippen molar-refractivity contribution in [3.05, 3.63) is 29.6 Å². The molecule has 2 unspecified atom stereocenters. The zero-order valence-electron chi connectivity index (χ0n) is 12.9. The molecule has 1 spiro atoms. The Labute approximate surface area is 127 Å². The summed E-state index contributed by atoms with van der Waals surface area (Å²) in [5.74, 6) is 0.490. The molecule has 0 aromatic carbocycles. The number of aromatic nitrogens is 1. The van der Waals surface area contributed by atoms with Crippen molar-refractivity contribution in [3.63, 3.8) is 0 Å². The number of aryl methyl sites for hydroxylation is 1. The Bertz CT molecular complexity index is 466. The van der Waals surface area contributed by atoms with Crippen LogP contribution in [0.15, 0.2) is 18.5 Å². The van der Waals surface area contributed by atoms with Crippen LogP contribution in [-0.2, 0) is 15.9 Å². The van der Waals surface area contributed by atoms with Gasteiger partial charge in [-0.15, -0.1) is 0 Å². The first kappa shape index (κ1) is 14.9. The molecule has 116 valence electrons. The number of ether oxygens (including phenoxy) is 2. The molecule has 1 aromatic rings. The molecule has 2 atom stereocenters. The fourth-order valence-corrected chi connectivity index (χ4v) is 3.78. The average molecular weight is 290 g/mol. The van der Waals surface area contributed by atoms with Gasteiger partial charge in [0.15, 0.2) is 0 Å². The van der Waals surface area contributed by atoms with Crippen LogP contribution in [0.5, 0.6) is 0 Å². The minimum Gasteiger partial charge on any atom is -0.381 e. The van der Waals surface area contributed by atoms with Gasteiger partial charge < -0.3 is 15.2 Å². The Balaban J connectivity index is 1.76. The summed E-state index contributed by atoms with van der Waals surface area (Å²) in [4.78, 5) is 4.23. The molecule has 0 amide bonds. The zero-order valence-corrected chi connectivity index (χ0v) is 12.9. The maximum Gasteiger partial charge on any atom is 0.0729 e. The summed E-state index contributed by atoms with van der Waals surface area (Å²) in [6.45, 7) is 4.62. The van der Waals surface area contributed by atoms with Crippen molar-refractivity contribution >= 4 is 0 Å². The second-order valence-corrected chi connectivity index (χ2v) is 6.35. The van der Waals surface area contributed by atoms with Crippen molar-refractivity contribution in [2.24, 2.45) is 11.7 Å². The largest absolute Gasteiger partial charge is 0.381 e. The lowest BCUT2D eigenvalue weighted by molar-refractivity contribution is -0.149. The highest BCUT2D eigenvalue weighted by molar-refractivity contribution is 5.27. The molecule has 2 aliphatic rings. The second kappa shape index (κ2) is 6.42. The summed E-state index contributed by atoms with van der Waals surface area (Å²) >= 11 is 0. The van der Waals surface area contributed by atoms with E-state index >= 15 is 0 Å². The van der Waals surface area contributed by atoms with Gasteiger partial charge in [0.1, 0.15) is 0 Å². The molecule has 3 heterocycles. The lowest BCUT2D eigenvalue weighted by Gasteiger charge is -2.45. The lowest BCUT2D eigenvalue weighted by atomic mass is 9.76. The van der Waals surface area contributed by atoms with Crippen LogP contribution < -0.4 is 5.73 Å². The first-order valence-electron chi connectivity index (χ1n) is 8.14. The molecule has 0 saturated carbocycles. The molecule has 3 rings (SSSR count). The van der Waals surface area contributed by atoms with E-state index < -0.39 is 0 Å². The molecule has 2 N–H and O–H groups in total. The van der Waals surface area contributed by atoms with Gasteiger partial charge in [-0.1, -0.05) is 6.92 Å². The molecule has 0 bridgehead atoms. The van der Waals surface area contributed by atoms with Crippen molar-refractivity contribution in [1.82, 2.24) is 4.98 Å². The Morgan fingerprint density at radius 3 is 2.95 bits per heavy atom. The summed E-state index contributed by atoms with van der Waals surface area (Å²) in [7, 11) is 0. The number of pyridine rings is 1. The third-order valence-electron chi connectivity index (χ3n) is 5.12. The van der Waals surface area contributed by atoms with Crippen LogP contribution >= 0.6 is 0 Å². The van der Waals surface area contributed by atoms with E-state index in [2.05, 4.69) is 18.0 Å². The third kappa shape index (κ3) is 3.12. The van der Waals surface area contributed by atoms with Gasteiger partial charge in [-0.25, -0.2) is 0 Å². The van der Waals surface area contributed by atoms with E-state index in [9.17, 15) is 0 Å². The molecule has 0 aliphatic carbocycles. The molecule has 21 heavy (non-hydrogen) atoms. The molecule has 1 aromatic heterocycles. The van der Waals surface area contributed by atoms with Crippen molar-refractivity contribution in [1.29, 1.82) is 0 Å². The molecule has 2 saturated heterocycles. The zero-order chi connectivity index (χ0) is 14.7. The van der Waals surface area contributed by atoms with E-state index in [-0.39, 0.29) is 11.6 Å².